The molecule has 2 aliphatic rings. The van der Waals surface area contributed by atoms with Crippen molar-refractivity contribution in [1.29, 1.82) is 0 Å². The first-order valence-corrected chi connectivity index (χ1v) is 6.89. The lowest BCUT2D eigenvalue weighted by atomic mass is 9.98. The van der Waals surface area contributed by atoms with Crippen LogP contribution in [0.2, 0.25) is 0 Å². The van der Waals surface area contributed by atoms with Gasteiger partial charge >= 0.3 is 0 Å². The Balaban J connectivity index is 1.89. The normalized spacial score (nSPS) is 31.3. The van der Waals surface area contributed by atoms with Crippen molar-refractivity contribution in [2.75, 3.05) is 13.1 Å². The molecule has 0 aliphatic carbocycles. The van der Waals surface area contributed by atoms with Crippen LogP contribution in [0.15, 0.2) is 0 Å². The van der Waals surface area contributed by atoms with Crippen LogP contribution in [0.25, 0.3) is 0 Å². The summed E-state index contributed by atoms with van der Waals surface area (Å²) in [4.78, 5) is 14.5. The van der Waals surface area contributed by atoms with Gasteiger partial charge in [-0.25, -0.2) is 0 Å². The van der Waals surface area contributed by atoms with Crippen molar-refractivity contribution in [3.8, 4) is 0 Å². The minimum absolute atomic E-state index is 0.0254. The Labute approximate surface area is 104 Å². The SMILES string of the molecule is CC(C)[C@H](N)C(=O)NC1CCN2CCCCC12. The summed E-state index contributed by atoms with van der Waals surface area (Å²) in [5.41, 5.74) is 5.88. The molecule has 0 aromatic rings. The molecule has 0 aromatic heterocycles. The van der Waals surface area contributed by atoms with Crippen LogP contribution in [0, 0.1) is 5.92 Å². The highest BCUT2D eigenvalue weighted by molar-refractivity contribution is 5.82. The van der Waals surface area contributed by atoms with Gasteiger partial charge in [0.15, 0.2) is 0 Å². The van der Waals surface area contributed by atoms with Crippen molar-refractivity contribution in [2.45, 2.75) is 57.7 Å². The molecule has 2 rings (SSSR count). The maximum atomic E-state index is 12.0. The van der Waals surface area contributed by atoms with Crippen LogP contribution in [0.4, 0.5) is 0 Å². The third-order valence-electron chi connectivity index (χ3n) is 4.20. The molecule has 17 heavy (non-hydrogen) atoms. The van der Waals surface area contributed by atoms with E-state index in [1.54, 1.807) is 0 Å². The molecule has 2 heterocycles. The van der Waals surface area contributed by atoms with E-state index in [4.69, 9.17) is 5.73 Å². The molecule has 2 saturated heterocycles. The minimum Gasteiger partial charge on any atom is -0.350 e. The second-order valence-corrected chi connectivity index (χ2v) is 5.77. The number of carbonyl (C=O) groups excluding carboxylic acids is 1. The highest BCUT2D eigenvalue weighted by atomic mass is 16.2. The molecule has 4 nitrogen and oxygen atoms in total. The molecule has 0 bridgehead atoms. The molecule has 3 N–H and O–H groups in total. The van der Waals surface area contributed by atoms with Crippen molar-refractivity contribution in [2.24, 2.45) is 11.7 Å². The van der Waals surface area contributed by atoms with Gasteiger partial charge in [0.2, 0.25) is 5.91 Å². The smallest absolute Gasteiger partial charge is 0.237 e. The first kappa shape index (κ1) is 12.8. The fourth-order valence-electron chi connectivity index (χ4n) is 3.00. The monoisotopic (exact) mass is 239 g/mol. The molecule has 98 valence electrons. The first-order valence-electron chi connectivity index (χ1n) is 6.89. The summed E-state index contributed by atoms with van der Waals surface area (Å²) in [6.45, 7) is 6.32. The Hall–Kier alpha value is -0.610. The Morgan fingerprint density at radius 3 is 2.76 bits per heavy atom. The van der Waals surface area contributed by atoms with Crippen LogP contribution in [0.3, 0.4) is 0 Å². The topological polar surface area (TPSA) is 58.4 Å². The number of nitrogens with zero attached hydrogens (tertiary/aromatic N) is 1. The summed E-state index contributed by atoms with van der Waals surface area (Å²) in [7, 11) is 0. The third kappa shape index (κ3) is 2.80. The zero-order valence-corrected chi connectivity index (χ0v) is 11.0. The largest absolute Gasteiger partial charge is 0.350 e. The molecule has 0 saturated carbocycles. The van der Waals surface area contributed by atoms with Gasteiger partial charge in [0.1, 0.15) is 0 Å². The van der Waals surface area contributed by atoms with E-state index in [1.807, 2.05) is 13.8 Å². The van der Waals surface area contributed by atoms with Gasteiger partial charge in [-0.2, -0.15) is 0 Å². The Morgan fingerprint density at radius 1 is 1.29 bits per heavy atom. The minimum atomic E-state index is -0.368. The predicted molar refractivity (Wildman–Crippen MR) is 68.6 cm³/mol. The van der Waals surface area contributed by atoms with E-state index in [1.165, 1.54) is 25.8 Å². The molecule has 0 aromatic carbocycles. The molecule has 0 spiro atoms. The van der Waals surface area contributed by atoms with E-state index < -0.39 is 0 Å². The van der Waals surface area contributed by atoms with E-state index in [-0.39, 0.29) is 17.9 Å². The van der Waals surface area contributed by atoms with Gasteiger partial charge in [0.05, 0.1) is 6.04 Å². The number of nitrogens with one attached hydrogen (secondary N) is 1. The van der Waals surface area contributed by atoms with Crippen LogP contribution >= 0.6 is 0 Å². The molecular formula is C13H25N3O. The summed E-state index contributed by atoms with van der Waals surface area (Å²) < 4.78 is 0. The van der Waals surface area contributed by atoms with Gasteiger partial charge in [-0.3, -0.25) is 9.69 Å². The third-order valence-corrected chi connectivity index (χ3v) is 4.20. The number of hydrogen-bond acceptors (Lipinski definition) is 3. The Bertz CT molecular complexity index is 280. The fraction of sp³-hybridized carbons (Fsp3) is 0.923. The second-order valence-electron chi connectivity index (χ2n) is 5.77. The Kier molecular flexibility index (Phi) is 4.05. The average Bonchev–Trinajstić information content (AvgIpc) is 2.71. The predicted octanol–water partition coefficient (Wildman–Crippen LogP) is 0.713. The second kappa shape index (κ2) is 5.36. The number of nitrogens with two attached hydrogens (primary N) is 1. The van der Waals surface area contributed by atoms with Crippen LogP contribution in [0.5, 0.6) is 0 Å². The van der Waals surface area contributed by atoms with Crippen LogP contribution in [-0.4, -0.2) is 42.0 Å². The van der Waals surface area contributed by atoms with Gasteiger partial charge in [0.25, 0.3) is 0 Å². The molecule has 1 amide bonds. The zero-order valence-electron chi connectivity index (χ0n) is 11.0. The van der Waals surface area contributed by atoms with Crippen molar-refractivity contribution < 1.29 is 4.79 Å². The summed E-state index contributed by atoms with van der Waals surface area (Å²) >= 11 is 0. The van der Waals surface area contributed by atoms with Crippen molar-refractivity contribution in [1.82, 2.24) is 10.2 Å². The quantitative estimate of drug-likeness (QED) is 0.762. The van der Waals surface area contributed by atoms with Crippen molar-refractivity contribution in [3.63, 3.8) is 0 Å². The van der Waals surface area contributed by atoms with E-state index in [0.29, 0.717) is 12.1 Å². The summed E-state index contributed by atoms with van der Waals surface area (Å²) in [5, 5.41) is 3.15. The van der Waals surface area contributed by atoms with Crippen LogP contribution in [-0.2, 0) is 4.79 Å². The molecule has 2 fully saturated rings. The highest BCUT2D eigenvalue weighted by Gasteiger charge is 2.36. The van der Waals surface area contributed by atoms with Crippen molar-refractivity contribution >= 4 is 5.91 Å². The standard InChI is InChI=1S/C13H25N3O/c1-9(2)12(14)13(17)15-10-6-8-16-7-4-3-5-11(10)16/h9-12H,3-8,14H2,1-2H3,(H,15,17)/t10?,11?,12-/m0/s1. The fourth-order valence-corrected chi connectivity index (χ4v) is 3.00. The van der Waals surface area contributed by atoms with E-state index in [9.17, 15) is 4.79 Å². The highest BCUT2D eigenvalue weighted by Crippen LogP contribution is 2.27. The lowest BCUT2D eigenvalue weighted by Gasteiger charge is -2.33. The molecular weight excluding hydrogens is 214 g/mol. The number of piperidine rings is 1. The molecule has 2 aliphatic heterocycles. The summed E-state index contributed by atoms with van der Waals surface area (Å²) in [6, 6.07) is 0.521. The van der Waals surface area contributed by atoms with E-state index in [2.05, 4.69) is 10.2 Å². The van der Waals surface area contributed by atoms with Gasteiger partial charge in [-0.1, -0.05) is 20.3 Å². The Morgan fingerprint density at radius 2 is 2.06 bits per heavy atom. The lowest BCUT2D eigenvalue weighted by molar-refractivity contribution is -0.124. The first-order chi connectivity index (χ1) is 8.09. The van der Waals surface area contributed by atoms with Crippen LogP contribution in [0.1, 0.15) is 39.5 Å². The maximum Gasteiger partial charge on any atom is 0.237 e. The number of hydrogen-bond donors (Lipinski definition) is 2. The van der Waals surface area contributed by atoms with E-state index >= 15 is 0 Å². The number of rotatable bonds is 3. The number of fused-ring (bicyclic) bond motifs is 1. The number of carbonyl (C=O) groups is 1. The van der Waals surface area contributed by atoms with Crippen molar-refractivity contribution in [3.05, 3.63) is 0 Å². The lowest BCUT2D eigenvalue weighted by Crippen LogP contribution is -2.52. The zero-order chi connectivity index (χ0) is 12.4. The number of amides is 1. The van der Waals surface area contributed by atoms with Gasteiger partial charge in [0, 0.05) is 18.6 Å². The molecule has 2 unspecified atom stereocenters. The van der Waals surface area contributed by atoms with Gasteiger partial charge in [-0.05, 0) is 31.7 Å². The van der Waals surface area contributed by atoms with Gasteiger partial charge in [-0.15, -0.1) is 0 Å². The van der Waals surface area contributed by atoms with E-state index in [0.717, 1.165) is 13.0 Å². The van der Waals surface area contributed by atoms with Crippen LogP contribution < -0.4 is 11.1 Å². The molecule has 3 atom stereocenters. The molecule has 0 radical (unpaired) electrons. The summed E-state index contributed by atoms with van der Waals surface area (Å²) in [6.07, 6.45) is 4.91. The van der Waals surface area contributed by atoms with Gasteiger partial charge < -0.3 is 11.1 Å². The summed E-state index contributed by atoms with van der Waals surface area (Å²) in [5.74, 6) is 0.233. The maximum absolute atomic E-state index is 12.0. The molecule has 4 heteroatoms. The average molecular weight is 239 g/mol.